The van der Waals surface area contributed by atoms with Crippen molar-refractivity contribution in [2.45, 2.75) is 19.9 Å². The first-order valence-corrected chi connectivity index (χ1v) is 9.66. The monoisotopic (exact) mass is 347 g/mol. The van der Waals surface area contributed by atoms with Crippen molar-refractivity contribution in [3.63, 3.8) is 0 Å². The molecule has 1 atom stereocenters. The highest BCUT2D eigenvalue weighted by atomic mass is 32.1. The number of hydrogen-bond acceptors (Lipinski definition) is 7. The summed E-state index contributed by atoms with van der Waals surface area (Å²) in [5.41, 5.74) is 1.06. The molecule has 0 bridgehead atoms. The van der Waals surface area contributed by atoms with Gasteiger partial charge in [-0.1, -0.05) is 13.8 Å². The molecule has 0 aromatic carbocycles. The molecule has 1 N–H and O–H groups in total. The Bertz CT molecular complexity index is 697. The Labute approximate surface area is 146 Å². The van der Waals surface area contributed by atoms with Crippen LogP contribution in [-0.2, 0) is 4.74 Å². The fourth-order valence-electron chi connectivity index (χ4n) is 3.37. The molecule has 2 saturated heterocycles. The minimum Gasteiger partial charge on any atom is -0.378 e. The van der Waals surface area contributed by atoms with Gasteiger partial charge in [-0.15, -0.1) is 11.3 Å². The van der Waals surface area contributed by atoms with Crippen LogP contribution in [0.1, 0.15) is 13.8 Å². The maximum absolute atomic E-state index is 5.47. The van der Waals surface area contributed by atoms with E-state index in [1.165, 1.54) is 4.70 Å². The van der Waals surface area contributed by atoms with Gasteiger partial charge >= 0.3 is 0 Å². The first-order chi connectivity index (χ1) is 11.7. The summed E-state index contributed by atoms with van der Waals surface area (Å²) in [6.45, 7) is 10.8. The molecule has 2 aliphatic rings. The van der Waals surface area contributed by atoms with Gasteiger partial charge in [0.1, 0.15) is 0 Å². The number of nitrogens with zero attached hydrogens (tertiary/aromatic N) is 4. The van der Waals surface area contributed by atoms with E-state index in [0.717, 1.165) is 63.2 Å². The second kappa shape index (κ2) is 6.82. The highest BCUT2D eigenvalue weighted by Crippen LogP contribution is 2.32. The van der Waals surface area contributed by atoms with Gasteiger partial charge in [-0.05, 0) is 17.4 Å². The van der Waals surface area contributed by atoms with Gasteiger partial charge < -0.3 is 19.9 Å². The van der Waals surface area contributed by atoms with Gasteiger partial charge in [0.25, 0.3) is 0 Å². The zero-order valence-electron chi connectivity index (χ0n) is 14.4. The number of piperazine rings is 1. The fraction of sp³-hybridized carbons (Fsp3) is 0.647. The lowest BCUT2D eigenvalue weighted by Gasteiger charge is -2.37. The van der Waals surface area contributed by atoms with Crippen LogP contribution in [0, 0.1) is 5.92 Å². The van der Waals surface area contributed by atoms with Crippen molar-refractivity contribution in [3.05, 3.63) is 11.4 Å². The van der Waals surface area contributed by atoms with Crippen LogP contribution in [0.3, 0.4) is 0 Å². The molecule has 4 heterocycles. The number of nitrogens with one attached hydrogen (secondary N) is 1. The summed E-state index contributed by atoms with van der Waals surface area (Å²) < 4.78 is 6.67. The van der Waals surface area contributed by atoms with Crippen LogP contribution >= 0.6 is 11.3 Å². The second-order valence-electron chi connectivity index (χ2n) is 6.83. The highest BCUT2D eigenvalue weighted by molar-refractivity contribution is 7.17. The van der Waals surface area contributed by atoms with E-state index in [9.17, 15) is 0 Å². The van der Waals surface area contributed by atoms with Crippen molar-refractivity contribution in [1.82, 2.24) is 15.3 Å². The zero-order valence-corrected chi connectivity index (χ0v) is 15.2. The first kappa shape index (κ1) is 16.1. The van der Waals surface area contributed by atoms with Crippen LogP contribution in [0.15, 0.2) is 11.4 Å². The zero-order chi connectivity index (χ0) is 16.5. The van der Waals surface area contributed by atoms with Crippen molar-refractivity contribution < 1.29 is 4.74 Å². The molecule has 6 nitrogen and oxygen atoms in total. The molecule has 7 heteroatoms. The molecule has 2 aromatic rings. The van der Waals surface area contributed by atoms with Gasteiger partial charge in [0.2, 0.25) is 5.95 Å². The first-order valence-electron chi connectivity index (χ1n) is 8.78. The lowest BCUT2D eigenvalue weighted by Crippen LogP contribution is -2.53. The molecule has 2 aromatic heterocycles. The molecule has 0 saturated carbocycles. The normalized spacial score (nSPS) is 22.5. The van der Waals surface area contributed by atoms with E-state index in [1.807, 2.05) is 0 Å². The number of anilines is 2. The largest absolute Gasteiger partial charge is 0.378 e. The predicted molar refractivity (Wildman–Crippen MR) is 99.3 cm³/mol. The van der Waals surface area contributed by atoms with Crippen LogP contribution in [0.25, 0.3) is 10.2 Å². The third kappa shape index (κ3) is 3.08. The van der Waals surface area contributed by atoms with Crippen LogP contribution in [0.5, 0.6) is 0 Å². The molecular weight excluding hydrogens is 322 g/mol. The van der Waals surface area contributed by atoms with Crippen molar-refractivity contribution in [2.24, 2.45) is 5.92 Å². The van der Waals surface area contributed by atoms with Gasteiger partial charge in [0.15, 0.2) is 5.82 Å². The summed E-state index contributed by atoms with van der Waals surface area (Å²) >= 11 is 1.74. The Morgan fingerprint density at radius 2 is 2.04 bits per heavy atom. The average Bonchev–Trinajstić information content (AvgIpc) is 3.10. The highest BCUT2D eigenvalue weighted by Gasteiger charge is 2.26. The number of morpholine rings is 1. The molecule has 2 aliphatic heterocycles. The van der Waals surface area contributed by atoms with E-state index in [0.29, 0.717) is 12.0 Å². The van der Waals surface area contributed by atoms with E-state index in [-0.39, 0.29) is 0 Å². The number of fused-ring (bicyclic) bond motifs is 1. The van der Waals surface area contributed by atoms with Crippen molar-refractivity contribution in [2.75, 3.05) is 55.7 Å². The van der Waals surface area contributed by atoms with E-state index < -0.39 is 0 Å². The van der Waals surface area contributed by atoms with Crippen LogP contribution < -0.4 is 15.1 Å². The molecule has 0 spiro atoms. The van der Waals surface area contributed by atoms with Crippen molar-refractivity contribution in [1.29, 1.82) is 0 Å². The molecule has 2 fully saturated rings. The molecule has 0 radical (unpaired) electrons. The standard InChI is InChI=1S/C17H25N5OS/c1-12(2)14-11-22(5-4-18-14)16-15-13(3-10-24-15)19-17(20-16)21-6-8-23-9-7-21/h3,10,12,14,18H,4-9,11H2,1-2H3. The maximum Gasteiger partial charge on any atom is 0.228 e. The van der Waals surface area contributed by atoms with Gasteiger partial charge in [0, 0.05) is 38.8 Å². The number of thiophene rings is 1. The Hall–Kier alpha value is -1.44. The van der Waals surface area contributed by atoms with E-state index in [1.54, 1.807) is 11.3 Å². The Kier molecular flexibility index (Phi) is 4.56. The van der Waals surface area contributed by atoms with Gasteiger partial charge in [-0.2, -0.15) is 4.98 Å². The van der Waals surface area contributed by atoms with E-state index >= 15 is 0 Å². The summed E-state index contributed by atoms with van der Waals surface area (Å²) in [6, 6.07) is 2.62. The second-order valence-corrected chi connectivity index (χ2v) is 7.75. The SMILES string of the molecule is CC(C)C1CN(c2nc(N3CCOCC3)nc3ccsc23)CCN1. The summed E-state index contributed by atoms with van der Waals surface area (Å²) in [5.74, 6) is 2.56. The molecule has 0 aliphatic carbocycles. The Morgan fingerprint density at radius 1 is 1.21 bits per heavy atom. The summed E-state index contributed by atoms with van der Waals surface area (Å²) in [7, 11) is 0. The van der Waals surface area contributed by atoms with Crippen molar-refractivity contribution in [3.8, 4) is 0 Å². The molecule has 4 rings (SSSR count). The Balaban J connectivity index is 1.69. The summed E-state index contributed by atoms with van der Waals surface area (Å²) in [6.07, 6.45) is 0. The quantitative estimate of drug-likeness (QED) is 0.916. The van der Waals surface area contributed by atoms with Crippen LogP contribution in [0.4, 0.5) is 11.8 Å². The maximum atomic E-state index is 5.47. The van der Waals surface area contributed by atoms with Gasteiger partial charge in [-0.25, -0.2) is 4.98 Å². The van der Waals surface area contributed by atoms with Gasteiger partial charge in [-0.3, -0.25) is 0 Å². The smallest absolute Gasteiger partial charge is 0.228 e. The third-order valence-electron chi connectivity index (χ3n) is 4.88. The average molecular weight is 347 g/mol. The topological polar surface area (TPSA) is 53.5 Å². The number of aromatic nitrogens is 2. The van der Waals surface area contributed by atoms with Crippen LogP contribution in [0.2, 0.25) is 0 Å². The van der Waals surface area contributed by atoms with E-state index in [2.05, 4.69) is 40.4 Å². The lowest BCUT2D eigenvalue weighted by molar-refractivity contribution is 0.122. The van der Waals surface area contributed by atoms with Gasteiger partial charge in [0.05, 0.1) is 23.4 Å². The lowest BCUT2D eigenvalue weighted by atomic mass is 10.0. The number of ether oxygens (including phenoxy) is 1. The fourth-order valence-corrected chi connectivity index (χ4v) is 4.22. The number of hydrogen-bond donors (Lipinski definition) is 1. The minimum absolute atomic E-state index is 0.510. The van der Waals surface area contributed by atoms with Crippen molar-refractivity contribution >= 4 is 33.3 Å². The molecule has 130 valence electrons. The molecule has 1 unspecified atom stereocenters. The molecule has 0 amide bonds. The summed E-state index contributed by atoms with van der Waals surface area (Å²) in [5, 5.41) is 5.75. The predicted octanol–water partition coefficient (Wildman–Crippen LogP) is 1.96. The Morgan fingerprint density at radius 3 is 2.83 bits per heavy atom. The van der Waals surface area contributed by atoms with Crippen LogP contribution in [-0.4, -0.2) is 61.9 Å². The summed E-state index contributed by atoms with van der Waals surface area (Å²) in [4.78, 5) is 14.5. The molecular formula is C17H25N5OS. The molecule has 24 heavy (non-hydrogen) atoms. The third-order valence-corrected chi connectivity index (χ3v) is 5.78. The minimum atomic E-state index is 0.510. The van der Waals surface area contributed by atoms with E-state index in [4.69, 9.17) is 14.7 Å². The number of rotatable bonds is 3.